The maximum Gasteiger partial charge on any atom is 0.250 e. The standard InChI is InChI=1S/C10H13FN2O3S.ClH/c1-17(15,16)13-10(14)9(12)6-7-2-4-8(11)5-3-7;/h2-5,9H,6,12H2,1H3,(H,13,14);1H/t9-;/m0./s1. The fraction of sp³-hybridized carbons (Fsp3) is 0.300. The molecule has 1 aromatic carbocycles. The van der Waals surface area contributed by atoms with Gasteiger partial charge in [0.1, 0.15) is 5.82 Å². The summed E-state index contributed by atoms with van der Waals surface area (Å²) in [5, 5.41) is 0. The number of carbonyl (C=O) groups is 1. The summed E-state index contributed by atoms with van der Waals surface area (Å²) in [5.74, 6) is -1.17. The number of hydrogen-bond donors (Lipinski definition) is 2. The van der Waals surface area contributed by atoms with Gasteiger partial charge in [-0.25, -0.2) is 12.8 Å². The van der Waals surface area contributed by atoms with Crippen LogP contribution in [-0.2, 0) is 21.2 Å². The molecule has 8 heteroatoms. The van der Waals surface area contributed by atoms with Gasteiger partial charge in [-0.1, -0.05) is 12.1 Å². The molecule has 0 unspecified atom stereocenters. The molecule has 0 spiro atoms. The topological polar surface area (TPSA) is 89.3 Å². The zero-order valence-electron chi connectivity index (χ0n) is 9.59. The zero-order chi connectivity index (χ0) is 13.1. The van der Waals surface area contributed by atoms with Gasteiger partial charge in [-0.05, 0) is 24.1 Å². The quantitative estimate of drug-likeness (QED) is 0.830. The molecular formula is C10H14ClFN2O3S. The monoisotopic (exact) mass is 296 g/mol. The lowest BCUT2D eigenvalue weighted by Crippen LogP contribution is -2.44. The number of hydrogen-bond acceptors (Lipinski definition) is 4. The summed E-state index contributed by atoms with van der Waals surface area (Å²) in [6.45, 7) is 0. The van der Waals surface area contributed by atoms with Gasteiger partial charge in [0, 0.05) is 0 Å². The molecule has 0 bridgehead atoms. The van der Waals surface area contributed by atoms with Crippen LogP contribution in [0.25, 0.3) is 0 Å². The largest absolute Gasteiger partial charge is 0.320 e. The third kappa shape index (κ3) is 5.95. The molecule has 0 aliphatic carbocycles. The lowest BCUT2D eigenvalue weighted by Gasteiger charge is -2.10. The second-order valence-corrected chi connectivity index (χ2v) is 5.42. The summed E-state index contributed by atoms with van der Waals surface area (Å²) >= 11 is 0. The van der Waals surface area contributed by atoms with Crippen molar-refractivity contribution in [2.45, 2.75) is 12.5 Å². The molecule has 0 saturated heterocycles. The van der Waals surface area contributed by atoms with E-state index < -0.39 is 22.0 Å². The van der Waals surface area contributed by atoms with Crippen molar-refractivity contribution in [2.75, 3.05) is 6.26 Å². The Morgan fingerprint density at radius 1 is 1.39 bits per heavy atom. The molecule has 5 nitrogen and oxygen atoms in total. The van der Waals surface area contributed by atoms with E-state index in [0.717, 1.165) is 6.26 Å². The number of sulfonamides is 1. The Kier molecular flexibility index (Phi) is 6.23. The highest BCUT2D eigenvalue weighted by Gasteiger charge is 2.17. The first-order chi connectivity index (χ1) is 7.78. The van der Waals surface area contributed by atoms with Crippen LogP contribution in [-0.4, -0.2) is 26.6 Å². The molecule has 0 heterocycles. The van der Waals surface area contributed by atoms with Crippen molar-refractivity contribution in [3.8, 4) is 0 Å². The van der Waals surface area contributed by atoms with Crippen molar-refractivity contribution in [1.82, 2.24) is 4.72 Å². The number of amides is 1. The third-order valence-electron chi connectivity index (χ3n) is 1.99. The number of halogens is 2. The smallest absolute Gasteiger partial charge is 0.250 e. The highest BCUT2D eigenvalue weighted by molar-refractivity contribution is 7.89. The Labute approximate surface area is 111 Å². The van der Waals surface area contributed by atoms with E-state index in [-0.39, 0.29) is 24.6 Å². The predicted octanol–water partition coefficient (Wildman–Crippen LogP) is 0.193. The highest BCUT2D eigenvalue weighted by atomic mass is 35.5. The molecule has 1 rings (SSSR count). The Hall–Kier alpha value is -1.18. The van der Waals surface area contributed by atoms with Crippen LogP contribution >= 0.6 is 12.4 Å². The summed E-state index contributed by atoms with van der Waals surface area (Å²) in [7, 11) is -3.61. The average Bonchev–Trinajstić information content (AvgIpc) is 2.19. The lowest BCUT2D eigenvalue weighted by molar-refractivity contribution is -0.120. The lowest BCUT2D eigenvalue weighted by atomic mass is 10.1. The number of carbonyl (C=O) groups excluding carboxylic acids is 1. The highest BCUT2D eigenvalue weighted by Crippen LogP contribution is 2.05. The van der Waals surface area contributed by atoms with Gasteiger partial charge in [-0.2, -0.15) is 0 Å². The Bertz CT molecular complexity index is 504. The minimum Gasteiger partial charge on any atom is -0.320 e. The number of nitrogens with one attached hydrogen (secondary N) is 1. The fourth-order valence-electron chi connectivity index (χ4n) is 1.23. The van der Waals surface area contributed by atoms with E-state index in [1.807, 2.05) is 0 Å². The van der Waals surface area contributed by atoms with Crippen molar-refractivity contribution in [2.24, 2.45) is 5.73 Å². The van der Waals surface area contributed by atoms with Gasteiger partial charge < -0.3 is 5.73 Å². The van der Waals surface area contributed by atoms with Crippen LogP contribution in [0, 0.1) is 5.82 Å². The van der Waals surface area contributed by atoms with E-state index in [4.69, 9.17) is 5.73 Å². The van der Waals surface area contributed by atoms with Crippen molar-refractivity contribution in [1.29, 1.82) is 0 Å². The van der Waals surface area contributed by atoms with E-state index >= 15 is 0 Å². The molecule has 0 aliphatic heterocycles. The van der Waals surface area contributed by atoms with Crippen LogP contribution < -0.4 is 10.5 Å². The second kappa shape index (κ2) is 6.67. The van der Waals surface area contributed by atoms with E-state index in [2.05, 4.69) is 0 Å². The van der Waals surface area contributed by atoms with Gasteiger partial charge in [0.05, 0.1) is 12.3 Å². The van der Waals surface area contributed by atoms with Crippen molar-refractivity contribution in [3.05, 3.63) is 35.6 Å². The van der Waals surface area contributed by atoms with Crippen LogP contribution in [0.2, 0.25) is 0 Å². The molecule has 102 valence electrons. The summed E-state index contributed by atoms with van der Waals surface area (Å²) in [6, 6.07) is 4.48. The molecule has 1 aromatic rings. The molecule has 0 aliphatic rings. The Morgan fingerprint density at radius 2 is 1.89 bits per heavy atom. The van der Waals surface area contributed by atoms with Gasteiger partial charge >= 0.3 is 0 Å². The molecule has 0 fully saturated rings. The van der Waals surface area contributed by atoms with E-state index in [1.165, 1.54) is 24.3 Å². The SMILES string of the molecule is CS(=O)(=O)NC(=O)[C@@H](N)Cc1ccc(F)cc1.Cl. The molecule has 1 amide bonds. The fourth-order valence-corrected chi connectivity index (χ4v) is 1.74. The van der Waals surface area contributed by atoms with Crippen molar-refractivity contribution in [3.63, 3.8) is 0 Å². The predicted molar refractivity (Wildman–Crippen MR) is 68.3 cm³/mol. The van der Waals surface area contributed by atoms with Crippen LogP contribution in [0.5, 0.6) is 0 Å². The maximum absolute atomic E-state index is 12.6. The van der Waals surface area contributed by atoms with Crippen molar-refractivity contribution < 1.29 is 17.6 Å². The molecule has 0 saturated carbocycles. The molecule has 0 aromatic heterocycles. The number of benzene rings is 1. The Balaban J connectivity index is 0.00000289. The van der Waals surface area contributed by atoms with Crippen LogP contribution in [0.4, 0.5) is 4.39 Å². The average molecular weight is 297 g/mol. The minimum absolute atomic E-state index is 0. The summed E-state index contributed by atoms with van der Waals surface area (Å²) in [6.07, 6.45) is 1.01. The summed E-state index contributed by atoms with van der Waals surface area (Å²) in [4.78, 5) is 11.3. The molecule has 18 heavy (non-hydrogen) atoms. The number of nitrogens with two attached hydrogens (primary N) is 1. The summed E-state index contributed by atoms with van der Waals surface area (Å²) in [5.41, 5.74) is 6.18. The van der Waals surface area contributed by atoms with Crippen LogP contribution in [0.1, 0.15) is 5.56 Å². The first kappa shape index (κ1) is 16.8. The molecule has 3 N–H and O–H groups in total. The summed E-state index contributed by atoms with van der Waals surface area (Å²) < 4.78 is 36.0. The molecule has 0 radical (unpaired) electrons. The van der Waals surface area contributed by atoms with Gasteiger partial charge in [0.15, 0.2) is 0 Å². The third-order valence-corrected chi connectivity index (χ3v) is 2.56. The normalized spacial score (nSPS) is 12.4. The first-order valence-electron chi connectivity index (χ1n) is 4.79. The van der Waals surface area contributed by atoms with Gasteiger partial charge in [-0.15, -0.1) is 12.4 Å². The maximum atomic E-state index is 12.6. The zero-order valence-corrected chi connectivity index (χ0v) is 11.2. The van der Waals surface area contributed by atoms with Crippen LogP contribution in [0.3, 0.4) is 0 Å². The van der Waals surface area contributed by atoms with Crippen molar-refractivity contribution >= 4 is 28.3 Å². The molecular weight excluding hydrogens is 283 g/mol. The van der Waals surface area contributed by atoms with Crippen LogP contribution in [0.15, 0.2) is 24.3 Å². The minimum atomic E-state index is -3.61. The van der Waals surface area contributed by atoms with Gasteiger partial charge in [-0.3, -0.25) is 9.52 Å². The van der Waals surface area contributed by atoms with Gasteiger partial charge in [0.25, 0.3) is 5.91 Å². The van der Waals surface area contributed by atoms with E-state index in [0.29, 0.717) is 5.56 Å². The Morgan fingerprint density at radius 3 is 2.33 bits per heavy atom. The van der Waals surface area contributed by atoms with E-state index in [9.17, 15) is 17.6 Å². The molecule has 1 atom stereocenters. The van der Waals surface area contributed by atoms with Gasteiger partial charge in [0.2, 0.25) is 10.0 Å². The second-order valence-electron chi connectivity index (χ2n) is 3.68. The number of rotatable bonds is 4. The van der Waals surface area contributed by atoms with E-state index in [1.54, 1.807) is 4.72 Å². The first-order valence-corrected chi connectivity index (χ1v) is 6.69.